The van der Waals surface area contributed by atoms with Crippen LogP contribution in [0.1, 0.15) is 38.5 Å². The maximum Gasteiger partial charge on any atom is 0.0714 e. The number of fused-ring (bicyclic) bond motifs is 2. The van der Waals surface area contributed by atoms with E-state index in [0.717, 1.165) is 25.4 Å². The molecule has 1 aliphatic heterocycles. The molecule has 0 aromatic carbocycles. The van der Waals surface area contributed by atoms with Crippen LogP contribution in [0.25, 0.3) is 0 Å². The maximum absolute atomic E-state index is 8.96. The van der Waals surface area contributed by atoms with Crippen LogP contribution in [-0.2, 0) is 4.74 Å². The first-order chi connectivity index (χ1) is 6.84. The van der Waals surface area contributed by atoms with E-state index in [2.05, 4.69) is 6.07 Å². The van der Waals surface area contributed by atoms with Crippen LogP contribution in [0.15, 0.2) is 0 Å². The molecule has 3 aliphatic rings. The molecule has 1 saturated heterocycles. The van der Waals surface area contributed by atoms with Crippen molar-refractivity contribution in [2.45, 2.75) is 44.1 Å². The lowest BCUT2D eigenvalue weighted by atomic mass is 9.82. The van der Waals surface area contributed by atoms with Crippen molar-refractivity contribution in [3.63, 3.8) is 0 Å². The Kier molecular flexibility index (Phi) is 1.85. The van der Waals surface area contributed by atoms with Crippen LogP contribution in [0.3, 0.4) is 0 Å². The molecule has 3 rings (SSSR count). The van der Waals surface area contributed by atoms with Crippen molar-refractivity contribution in [3.05, 3.63) is 0 Å². The Morgan fingerprint density at radius 1 is 1.21 bits per heavy atom. The molecule has 2 heteroatoms. The minimum Gasteiger partial charge on any atom is -0.374 e. The minimum atomic E-state index is 0.219. The van der Waals surface area contributed by atoms with E-state index in [9.17, 15) is 0 Å². The van der Waals surface area contributed by atoms with Gasteiger partial charge in [-0.05, 0) is 37.5 Å². The maximum atomic E-state index is 8.96. The highest BCUT2D eigenvalue weighted by Crippen LogP contribution is 2.55. The molecule has 0 amide bonds. The second-order valence-electron chi connectivity index (χ2n) is 5.25. The molecule has 0 bridgehead atoms. The summed E-state index contributed by atoms with van der Waals surface area (Å²) >= 11 is 0. The van der Waals surface area contributed by atoms with Crippen molar-refractivity contribution in [2.75, 3.05) is 6.61 Å². The van der Waals surface area contributed by atoms with E-state index in [-0.39, 0.29) is 5.60 Å². The summed E-state index contributed by atoms with van der Waals surface area (Å²) in [6.07, 6.45) is 7.39. The lowest BCUT2D eigenvalue weighted by molar-refractivity contribution is -0.0191. The highest BCUT2D eigenvalue weighted by molar-refractivity contribution is 5.07. The van der Waals surface area contributed by atoms with E-state index in [1.54, 1.807) is 0 Å². The van der Waals surface area contributed by atoms with Gasteiger partial charge in [-0.2, -0.15) is 5.26 Å². The third-order valence-corrected chi connectivity index (χ3v) is 4.59. The smallest absolute Gasteiger partial charge is 0.0714 e. The highest BCUT2D eigenvalue weighted by Gasteiger charge is 2.54. The summed E-state index contributed by atoms with van der Waals surface area (Å²) in [5.41, 5.74) is 0.219. The molecule has 76 valence electrons. The van der Waals surface area contributed by atoms with E-state index in [1.807, 2.05) is 0 Å². The number of hydrogen-bond acceptors (Lipinski definition) is 2. The van der Waals surface area contributed by atoms with Crippen LogP contribution in [0.4, 0.5) is 0 Å². The van der Waals surface area contributed by atoms with Crippen LogP contribution >= 0.6 is 0 Å². The van der Waals surface area contributed by atoms with E-state index >= 15 is 0 Å². The summed E-state index contributed by atoms with van der Waals surface area (Å²) in [7, 11) is 0. The van der Waals surface area contributed by atoms with Crippen molar-refractivity contribution in [1.29, 1.82) is 5.26 Å². The SMILES string of the molecule is N#CC1CC2COC3(CCCC3)C2C1. The fourth-order valence-electron chi connectivity index (χ4n) is 3.93. The fourth-order valence-corrected chi connectivity index (χ4v) is 3.93. The molecule has 0 radical (unpaired) electrons. The van der Waals surface area contributed by atoms with Crippen LogP contribution < -0.4 is 0 Å². The molecule has 2 aliphatic carbocycles. The van der Waals surface area contributed by atoms with Crippen LogP contribution in [-0.4, -0.2) is 12.2 Å². The Labute approximate surface area is 85.2 Å². The topological polar surface area (TPSA) is 33.0 Å². The van der Waals surface area contributed by atoms with Crippen LogP contribution in [0.5, 0.6) is 0 Å². The lowest BCUT2D eigenvalue weighted by Gasteiger charge is -2.29. The summed E-state index contributed by atoms with van der Waals surface area (Å²) in [6.45, 7) is 0.933. The molecular formula is C12H17NO. The first kappa shape index (κ1) is 8.73. The van der Waals surface area contributed by atoms with Gasteiger partial charge in [-0.25, -0.2) is 0 Å². The van der Waals surface area contributed by atoms with E-state index < -0.39 is 0 Å². The van der Waals surface area contributed by atoms with Gasteiger partial charge in [0.25, 0.3) is 0 Å². The summed E-state index contributed by atoms with van der Waals surface area (Å²) in [4.78, 5) is 0. The van der Waals surface area contributed by atoms with Crippen molar-refractivity contribution in [2.24, 2.45) is 17.8 Å². The van der Waals surface area contributed by atoms with Gasteiger partial charge < -0.3 is 4.74 Å². The Morgan fingerprint density at radius 3 is 2.71 bits per heavy atom. The van der Waals surface area contributed by atoms with Crippen LogP contribution in [0.2, 0.25) is 0 Å². The number of rotatable bonds is 0. The Hall–Kier alpha value is -0.550. The van der Waals surface area contributed by atoms with Gasteiger partial charge >= 0.3 is 0 Å². The predicted octanol–water partition coefficient (Wildman–Crippen LogP) is 2.50. The first-order valence-electron chi connectivity index (χ1n) is 5.88. The van der Waals surface area contributed by atoms with Gasteiger partial charge in [0.05, 0.1) is 18.3 Å². The molecule has 14 heavy (non-hydrogen) atoms. The molecule has 0 N–H and O–H groups in total. The zero-order chi connectivity index (χ0) is 9.60. The molecule has 2 saturated carbocycles. The molecule has 0 aromatic rings. The Morgan fingerprint density at radius 2 is 2.00 bits per heavy atom. The Balaban J connectivity index is 1.82. The quantitative estimate of drug-likeness (QED) is 0.589. The summed E-state index contributed by atoms with van der Waals surface area (Å²) in [5.74, 6) is 1.75. The molecule has 0 aromatic heterocycles. The Bertz CT molecular complexity index is 275. The summed E-state index contributed by atoms with van der Waals surface area (Å²) < 4.78 is 6.05. The molecular weight excluding hydrogens is 174 g/mol. The van der Waals surface area contributed by atoms with Gasteiger partial charge in [0.1, 0.15) is 0 Å². The standard InChI is InChI=1S/C12H17NO/c13-7-9-5-10-8-14-12(11(10)6-9)3-1-2-4-12/h9-11H,1-6,8H2. The van der Waals surface area contributed by atoms with Crippen molar-refractivity contribution < 1.29 is 4.74 Å². The van der Waals surface area contributed by atoms with E-state index in [0.29, 0.717) is 11.8 Å². The average molecular weight is 191 g/mol. The van der Waals surface area contributed by atoms with Crippen molar-refractivity contribution in [1.82, 2.24) is 0 Å². The second-order valence-corrected chi connectivity index (χ2v) is 5.25. The van der Waals surface area contributed by atoms with Gasteiger partial charge in [0.15, 0.2) is 0 Å². The first-order valence-corrected chi connectivity index (χ1v) is 5.88. The van der Waals surface area contributed by atoms with Gasteiger partial charge in [0.2, 0.25) is 0 Å². The number of hydrogen-bond donors (Lipinski definition) is 0. The minimum absolute atomic E-state index is 0.219. The van der Waals surface area contributed by atoms with Gasteiger partial charge in [0, 0.05) is 5.92 Å². The van der Waals surface area contributed by atoms with E-state index in [1.165, 1.54) is 25.7 Å². The molecule has 3 atom stereocenters. The van der Waals surface area contributed by atoms with Crippen LogP contribution in [0, 0.1) is 29.1 Å². The summed E-state index contributed by atoms with van der Waals surface area (Å²) in [6, 6.07) is 2.44. The third-order valence-electron chi connectivity index (χ3n) is 4.59. The molecule has 3 fully saturated rings. The number of nitrogens with zero attached hydrogens (tertiary/aromatic N) is 1. The zero-order valence-corrected chi connectivity index (χ0v) is 8.54. The second kappa shape index (κ2) is 2.97. The lowest BCUT2D eigenvalue weighted by Crippen LogP contribution is -2.32. The van der Waals surface area contributed by atoms with Gasteiger partial charge in [-0.15, -0.1) is 0 Å². The fraction of sp³-hybridized carbons (Fsp3) is 0.917. The van der Waals surface area contributed by atoms with Crippen molar-refractivity contribution >= 4 is 0 Å². The zero-order valence-electron chi connectivity index (χ0n) is 8.54. The third kappa shape index (κ3) is 1.05. The largest absolute Gasteiger partial charge is 0.374 e. The van der Waals surface area contributed by atoms with Crippen molar-refractivity contribution in [3.8, 4) is 6.07 Å². The van der Waals surface area contributed by atoms with E-state index in [4.69, 9.17) is 10.00 Å². The molecule has 1 spiro atoms. The van der Waals surface area contributed by atoms with Gasteiger partial charge in [-0.1, -0.05) is 12.8 Å². The highest BCUT2D eigenvalue weighted by atomic mass is 16.5. The summed E-state index contributed by atoms with van der Waals surface area (Å²) in [5, 5.41) is 8.96. The normalized spacial score (nSPS) is 44.1. The molecule has 3 unspecified atom stereocenters. The van der Waals surface area contributed by atoms with Gasteiger partial charge in [-0.3, -0.25) is 0 Å². The predicted molar refractivity (Wildman–Crippen MR) is 52.5 cm³/mol. The number of nitriles is 1. The molecule has 1 heterocycles. The monoisotopic (exact) mass is 191 g/mol. The number of ether oxygens (including phenoxy) is 1. The molecule has 2 nitrogen and oxygen atoms in total. The average Bonchev–Trinajstić information content (AvgIpc) is 2.88.